The number of carbonyl (C=O) groups is 1. The van der Waals surface area contributed by atoms with Crippen LogP contribution in [0, 0.1) is 25.2 Å². The Morgan fingerprint density at radius 1 is 1.38 bits per heavy atom. The summed E-state index contributed by atoms with van der Waals surface area (Å²) >= 11 is 0. The van der Waals surface area contributed by atoms with Gasteiger partial charge in [-0.05, 0) is 31.2 Å². The van der Waals surface area contributed by atoms with Crippen LogP contribution in [0.1, 0.15) is 44.6 Å². The maximum Gasteiger partial charge on any atom is 0.223 e. The van der Waals surface area contributed by atoms with Crippen molar-refractivity contribution in [1.29, 1.82) is 0 Å². The summed E-state index contributed by atoms with van der Waals surface area (Å²) in [5.74, 6) is -0.167. The minimum atomic E-state index is -0.546. The van der Waals surface area contributed by atoms with E-state index in [0.717, 1.165) is 17.0 Å². The lowest BCUT2D eigenvalue weighted by Crippen LogP contribution is -2.41. The second-order valence-electron chi connectivity index (χ2n) is 7.01. The van der Waals surface area contributed by atoms with Crippen molar-refractivity contribution in [3.63, 3.8) is 0 Å². The largest absolute Gasteiger partial charge is 0.391 e. The van der Waals surface area contributed by atoms with E-state index in [-0.39, 0.29) is 23.8 Å². The van der Waals surface area contributed by atoms with Gasteiger partial charge < -0.3 is 10.4 Å². The zero-order valence-corrected chi connectivity index (χ0v) is 14.3. The molecule has 0 saturated carbocycles. The van der Waals surface area contributed by atoms with Crippen LogP contribution in [-0.2, 0) is 18.3 Å². The predicted octanol–water partition coefficient (Wildman–Crippen LogP) is 1.74. The quantitative estimate of drug-likeness (QED) is 0.869. The first-order valence-electron chi connectivity index (χ1n) is 7.49. The minimum Gasteiger partial charge on any atom is -0.391 e. The fraction of sp³-hybridized carbons (Fsp3) is 0.750. The molecule has 2 atom stereocenters. The Bertz CT molecular complexity index is 500. The van der Waals surface area contributed by atoms with Crippen LogP contribution < -0.4 is 5.32 Å². The van der Waals surface area contributed by atoms with Gasteiger partial charge in [-0.2, -0.15) is 5.10 Å². The lowest BCUT2D eigenvalue weighted by atomic mass is 9.89. The number of nitrogens with zero attached hydrogens (tertiary/aromatic N) is 2. The molecular formula is C16H29N3O2. The zero-order valence-electron chi connectivity index (χ0n) is 14.3. The SMILES string of the molecule is Cc1nn(C)c(C)c1CC(C)C(=O)NCC(O)C(C)(C)C. The number of carbonyl (C=O) groups excluding carboxylic acids is 1. The van der Waals surface area contributed by atoms with E-state index in [1.54, 1.807) is 0 Å². The Morgan fingerprint density at radius 3 is 2.38 bits per heavy atom. The zero-order chi connectivity index (χ0) is 16.4. The van der Waals surface area contributed by atoms with E-state index < -0.39 is 6.10 Å². The minimum absolute atomic E-state index is 0.0269. The van der Waals surface area contributed by atoms with Crippen molar-refractivity contribution in [2.75, 3.05) is 6.54 Å². The van der Waals surface area contributed by atoms with Crippen molar-refractivity contribution < 1.29 is 9.90 Å². The molecule has 0 aromatic carbocycles. The molecule has 0 spiro atoms. The number of hydrogen-bond acceptors (Lipinski definition) is 3. The third-order valence-corrected chi connectivity index (χ3v) is 4.09. The molecule has 21 heavy (non-hydrogen) atoms. The summed E-state index contributed by atoms with van der Waals surface area (Å²) in [4.78, 5) is 12.2. The number of rotatable bonds is 5. The Kier molecular flexibility index (Phi) is 5.56. The van der Waals surface area contributed by atoms with Crippen LogP contribution in [-0.4, -0.2) is 33.4 Å². The van der Waals surface area contributed by atoms with Gasteiger partial charge in [0.25, 0.3) is 0 Å². The van der Waals surface area contributed by atoms with Crippen LogP contribution in [0.15, 0.2) is 0 Å². The van der Waals surface area contributed by atoms with Gasteiger partial charge in [0.05, 0.1) is 11.8 Å². The molecule has 2 N–H and O–H groups in total. The van der Waals surface area contributed by atoms with Gasteiger partial charge in [0.2, 0.25) is 5.91 Å². The molecule has 5 nitrogen and oxygen atoms in total. The molecule has 0 bridgehead atoms. The average molecular weight is 295 g/mol. The van der Waals surface area contributed by atoms with Crippen LogP contribution in [0.2, 0.25) is 0 Å². The van der Waals surface area contributed by atoms with Gasteiger partial charge in [0, 0.05) is 25.2 Å². The number of amides is 1. The molecule has 1 amide bonds. The number of aromatic nitrogens is 2. The second-order valence-corrected chi connectivity index (χ2v) is 7.01. The summed E-state index contributed by atoms with van der Waals surface area (Å²) in [6, 6.07) is 0. The maximum atomic E-state index is 12.2. The highest BCUT2D eigenvalue weighted by Gasteiger charge is 2.24. The van der Waals surface area contributed by atoms with Crippen LogP contribution in [0.5, 0.6) is 0 Å². The summed E-state index contributed by atoms with van der Waals surface area (Å²) in [6.45, 7) is 12.0. The Balaban J connectivity index is 2.59. The van der Waals surface area contributed by atoms with Gasteiger partial charge in [-0.3, -0.25) is 9.48 Å². The Hall–Kier alpha value is -1.36. The summed E-state index contributed by atoms with van der Waals surface area (Å²) in [7, 11) is 1.91. The molecule has 0 saturated heterocycles. The van der Waals surface area contributed by atoms with Crippen molar-refractivity contribution in [1.82, 2.24) is 15.1 Å². The molecule has 5 heteroatoms. The van der Waals surface area contributed by atoms with E-state index in [4.69, 9.17) is 0 Å². The molecule has 1 rings (SSSR count). The highest BCUT2D eigenvalue weighted by molar-refractivity contribution is 5.78. The predicted molar refractivity (Wildman–Crippen MR) is 84.0 cm³/mol. The van der Waals surface area contributed by atoms with E-state index in [9.17, 15) is 9.90 Å². The van der Waals surface area contributed by atoms with E-state index in [1.165, 1.54) is 0 Å². The molecule has 1 aromatic rings. The van der Waals surface area contributed by atoms with E-state index in [0.29, 0.717) is 6.42 Å². The van der Waals surface area contributed by atoms with Crippen molar-refractivity contribution in [3.05, 3.63) is 17.0 Å². The molecule has 2 unspecified atom stereocenters. The molecule has 0 aliphatic rings. The average Bonchev–Trinajstić information content (AvgIpc) is 2.60. The Labute approximate surface area is 127 Å². The van der Waals surface area contributed by atoms with Crippen LogP contribution in [0.25, 0.3) is 0 Å². The van der Waals surface area contributed by atoms with Crippen molar-refractivity contribution in [3.8, 4) is 0 Å². The van der Waals surface area contributed by atoms with Crippen LogP contribution in [0.4, 0.5) is 0 Å². The molecule has 0 aliphatic carbocycles. The number of aliphatic hydroxyl groups is 1. The van der Waals surface area contributed by atoms with E-state index >= 15 is 0 Å². The maximum absolute atomic E-state index is 12.2. The van der Waals surface area contributed by atoms with Gasteiger partial charge >= 0.3 is 0 Å². The first kappa shape index (κ1) is 17.7. The lowest BCUT2D eigenvalue weighted by Gasteiger charge is -2.26. The van der Waals surface area contributed by atoms with Gasteiger partial charge in [-0.15, -0.1) is 0 Å². The normalized spacial score (nSPS) is 14.9. The number of aliphatic hydroxyl groups excluding tert-OH is 1. The van der Waals surface area contributed by atoms with Gasteiger partial charge in [-0.1, -0.05) is 27.7 Å². The first-order chi connectivity index (χ1) is 9.54. The summed E-state index contributed by atoms with van der Waals surface area (Å²) in [6.07, 6.45) is 0.124. The molecule has 120 valence electrons. The smallest absolute Gasteiger partial charge is 0.223 e. The molecule has 1 aromatic heterocycles. The van der Waals surface area contributed by atoms with Crippen LogP contribution >= 0.6 is 0 Å². The van der Waals surface area contributed by atoms with Gasteiger partial charge in [0.15, 0.2) is 0 Å². The molecule has 1 heterocycles. The molecule has 0 aliphatic heterocycles. The van der Waals surface area contributed by atoms with Crippen molar-refractivity contribution >= 4 is 5.91 Å². The fourth-order valence-electron chi connectivity index (χ4n) is 2.19. The van der Waals surface area contributed by atoms with Gasteiger partial charge in [-0.25, -0.2) is 0 Å². The van der Waals surface area contributed by atoms with Crippen LogP contribution in [0.3, 0.4) is 0 Å². The summed E-state index contributed by atoms with van der Waals surface area (Å²) < 4.78 is 1.85. The topological polar surface area (TPSA) is 67.2 Å². The highest BCUT2D eigenvalue weighted by Crippen LogP contribution is 2.19. The summed E-state index contributed by atoms with van der Waals surface area (Å²) in [5.41, 5.74) is 2.98. The highest BCUT2D eigenvalue weighted by atomic mass is 16.3. The fourth-order valence-corrected chi connectivity index (χ4v) is 2.19. The summed E-state index contributed by atoms with van der Waals surface area (Å²) in [5, 5.41) is 17.2. The third-order valence-electron chi connectivity index (χ3n) is 4.09. The number of nitrogens with one attached hydrogen (secondary N) is 1. The third kappa shape index (κ3) is 4.56. The lowest BCUT2D eigenvalue weighted by molar-refractivity contribution is -0.125. The first-order valence-corrected chi connectivity index (χ1v) is 7.49. The van der Waals surface area contributed by atoms with E-state index in [2.05, 4.69) is 10.4 Å². The molecule has 0 radical (unpaired) electrons. The van der Waals surface area contributed by atoms with Crippen molar-refractivity contribution in [2.24, 2.45) is 18.4 Å². The molecule has 0 fully saturated rings. The standard InChI is InChI=1S/C16H29N3O2/c1-10(8-13-11(2)18-19(7)12(13)3)15(21)17-9-14(20)16(4,5)6/h10,14,20H,8-9H2,1-7H3,(H,17,21). The van der Waals surface area contributed by atoms with E-state index in [1.807, 2.05) is 53.3 Å². The second kappa shape index (κ2) is 6.60. The number of hydrogen-bond donors (Lipinski definition) is 2. The molecular weight excluding hydrogens is 266 g/mol. The van der Waals surface area contributed by atoms with Crippen molar-refractivity contribution in [2.45, 2.75) is 54.1 Å². The Morgan fingerprint density at radius 2 is 1.95 bits per heavy atom. The monoisotopic (exact) mass is 295 g/mol. The number of aryl methyl sites for hydroxylation is 2. The van der Waals surface area contributed by atoms with Gasteiger partial charge in [0.1, 0.15) is 0 Å².